The molecule has 1 heterocycles. The molecule has 1 aromatic rings. The number of hydrogen-bond acceptors (Lipinski definition) is 5. The summed E-state index contributed by atoms with van der Waals surface area (Å²) >= 11 is 0. The van der Waals surface area contributed by atoms with Gasteiger partial charge in [-0.05, 0) is 25.2 Å². The van der Waals surface area contributed by atoms with Crippen LogP contribution in [0.2, 0.25) is 0 Å². The van der Waals surface area contributed by atoms with Crippen molar-refractivity contribution < 1.29 is 9.53 Å². The number of ether oxygens (including phenoxy) is 1. The molecule has 7 nitrogen and oxygen atoms in total. The molecule has 7 heteroatoms. The van der Waals surface area contributed by atoms with E-state index < -0.39 is 0 Å². The minimum Gasteiger partial charge on any atom is -0.385 e. The number of nitrogens with one attached hydrogen (secondary N) is 2. The quantitative estimate of drug-likeness (QED) is 0.636. The van der Waals surface area contributed by atoms with Crippen molar-refractivity contribution in [3.63, 3.8) is 0 Å². The van der Waals surface area contributed by atoms with Gasteiger partial charge >= 0.3 is 0 Å². The number of carbonyl (C=O) groups is 1. The number of carbonyl (C=O) groups excluding carboxylic acids is 1. The molecule has 0 aliphatic heterocycles. The van der Waals surface area contributed by atoms with E-state index in [1.54, 1.807) is 13.3 Å². The first-order valence-corrected chi connectivity index (χ1v) is 7.25. The van der Waals surface area contributed by atoms with Crippen molar-refractivity contribution in [1.29, 1.82) is 0 Å². The lowest BCUT2D eigenvalue weighted by molar-refractivity contribution is -0.121. The number of methoxy groups -OCH3 is 1. The third kappa shape index (κ3) is 5.55. The van der Waals surface area contributed by atoms with Crippen LogP contribution in [-0.2, 0) is 16.1 Å². The van der Waals surface area contributed by atoms with Gasteiger partial charge in [-0.1, -0.05) is 0 Å². The van der Waals surface area contributed by atoms with Gasteiger partial charge in [0.2, 0.25) is 5.91 Å². The smallest absolute Gasteiger partial charge is 0.269 e. The standard InChI is InChI=1S/C14H22N4O3/c1-21-6-2-5-15-13(19)10-18-14(20)7-12(9-17-18)16-8-11-3-4-11/h7,9,11,16H,2-6,8,10H2,1H3,(H,15,19). The second-order valence-corrected chi connectivity index (χ2v) is 5.26. The number of aromatic nitrogens is 2. The van der Waals surface area contributed by atoms with E-state index in [9.17, 15) is 9.59 Å². The van der Waals surface area contributed by atoms with E-state index in [4.69, 9.17) is 4.74 Å². The van der Waals surface area contributed by atoms with Crippen LogP contribution in [-0.4, -0.2) is 42.5 Å². The fraction of sp³-hybridized carbons (Fsp3) is 0.643. The van der Waals surface area contributed by atoms with Crippen molar-refractivity contribution in [2.45, 2.75) is 25.8 Å². The van der Waals surface area contributed by atoms with E-state index in [0.717, 1.165) is 23.6 Å². The van der Waals surface area contributed by atoms with Crippen molar-refractivity contribution >= 4 is 11.6 Å². The summed E-state index contributed by atoms with van der Waals surface area (Å²) in [5, 5.41) is 9.92. The molecule has 0 bridgehead atoms. The molecule has 1 saturated carbocycles. The number of nitrogens with zero attached hydrogens (tertiary/aromatic N) is 2. The van der Waals surface area contributed by atoms with Gasteiger partial charge in [-0.15, -0.1) is 0 Å². The van der Waals surface area contributed by atoms with Gasteiger partial charge in [-0.25, -0.2) is 4.68 Å². The first kappa shape index (κ1) is 15.5. The summed E-state index contributed by atoms with van der Waals surface area (Å²) in [6, 6.07) is 1.48. The molecule has 0 atom stereocenters. The average Bonchev–Trinajstić information content (AvgIpc) is 3.28. The van der Waals surface area contributed by atoms with Crippen LogP contribution in [0.3, 0.4) is 0 Å². The zero-order valence-corrected chi connectivity index (χ0v) is 12.3. The van der Waals surface area contributed by atoms with Gasteiger partial charge < -0.3 is 15.4 Å². The van der Waals surface area contributed by atoms with Crippen molar-refractivity contribution in [2.24, 2.45) is 5.92 Å². The Balaban J connectivity index is 1.79. The van der Waals surface area contributed by atoms with Crippen LogP contribution in [0.4, 0.5) is 5.69 Å². The van der Waals surface area contributed by atoms with E-state index in [1.807, 2.05) is 0 Å². The van der Waals surface area contributed by atoms with Crippen LogP contribution in [0, 0.1) is 5.92 Å². The average molecular weight is 294 g/mol. The minimum atomic E-state index is -0.275. The van der Waals surface area contributed by atoms with E-state index in [-0.39, 0.29) is 18.0 Å². The molecule has 1 fully saturated rings. The molecule has 2 N–H and O–H groups in total. The highest BCUT2D eigenvalue weighted by atomic mass is 16.5. The summed E-state index contributed by atoms with van der Waals surface area (Å²) in [6.45, 7) is 1.95. The van der Waals surface area contributed by atoms with E-state index in [0.29, 0.717) is 18.8 Å². The maximum atomic E-state index is 11.9. The molecular weight excluding hydrogens is 272 g/mol. The summed E-state index contributed by atoms with van der Waals surface area (Å²) in [5.74, 6) is 0.504. The highest BCUT2D eigenvalue weighted by Gasteiger charge is 2.20. The normalized spacial score (nSPS) is 14.0. The van der Waals surface area contributed by atoms with Crippen LogP contribution in [0.5, 0.6) is 0 Å². The Bertz CT molecular complexity index is 525. The van der Waals surface area contributed by atoms with Crippen LogP contribution >= 0.6 is 0 Å². The lowest BCUT2D eigenvalue weighted by atomic mass is 10.4. The number of hydrogen-bond donors (Lipinski definition) is 2. The van der Waals surface area contributed by atoms with Gasteiger partial charge in [-0.3, -0.25) is 9.59 Å². The lowest BCUT2D eigenvalue weighted by Crippen LogP contribution is -2.34. The lowest BCUT2D eigenvalue weighted by Gasteiger charge is -2.08. The highest BCUT2D eigenvalue weighted by Crippen LogP contribution is 2.28. The molecule has 2 rings (SSSR count). The molecule has 21 heavy (non-hydrogen) atoms. The Morgan fingerprint density at radius 1 is 1.52 bits per heavy atom. The van der Waals surface area contributed by atoms with Crippen LogP contribution < -0.4 is 16.2 Å². The summed E-state index contributed by atoms with van der Waals surface area (Å²) in [5.41, 5.74) is 0.437. The molecule has 0 spiro atoms. The molecule has 1 aromatic heterocycles. The van der Waals surface area contributed by atoms with Crippen LogP contribution in [0.15, 0.2) is 17.1 Å². The number of anilines is 1. The molecule has 0 saturated heterocycles. The maximum Gasteiger partial charge on any atom is 0.269 e. The van der Waals surface area contributed by atoms with Gasteiger partial charge in [0.05, 0.1) is 11.9 Å². The number of amides is 1. The molecule has 1 aliphatic rings. The van der Waals surface area contributed by atoms with Gasteiger partial charge in [0.1, 0.15) is 6.54 Å². The topological polar surface area (TPSA) is 85.2 Å². The zero-order valence-electron chi connectivity index (χ0n) is 12.3. The Morgan fingerprint density at radius 3 is 3.00 bits per heavy atom. The Hall–Kier alpha value is -1.89. The predicted molar refractivity (Wildman–Crippen MR) is 79.2 cm³/mol. The first-order valence-electron chi connectivity index (χ1n) is 7.25. The highest BCUT2D eigenvalue weighted by molar-refractivity contribution is 5.75. The molecule has 0 radical (unpaired) electrons. The van der Waals surface area contributed by atoms with Crippen molar-refractivity contribution in [3.05, 3.63) is 22.6 Å². The van der Waals surface area contributed by atoms with Gasteiger partial charge in [-0.2, -0.15) is 5.10 Å². The van der Waals surface area contributed by atoms with Crippen molar-refractivity contribution in [1.82, 2.24) is 15.1 Å². The Kier molecular flexibility index (Phi) is 5.74. The van der Waals surface area contributed by atoms with Crippen LogP contribution in [0.25, 0.3) is 0 Å². The SMILES string of the molecule is COCCCNC(=O)Cn1ncc(NCC2CC2)cc1=O. The Morgan fingerprint density at radius 2 is 2.33 bits per heavy atom. The van der Waals surface area contributed by atoms with Crippen molar-refractivity contribution in [3.8, 4) is 0 Å². The fourth-order valence-corrected chi connectivity index (χ4v) is 1.87. The molecule has 1 amide bonds. The molecule has 0 unspecified atom stereocenters. The zero-order chi connectivity index (χ0) is 15.1. The van der Waals surface area contributed by atoms with Crippen molar-refractivity contribution in [2.75, 3.05) is 32.1 Å². The van der Waals surface area contributed by atoms with Gasteiger partial charge in [0, 0.05) is 32.9 Å². The third-order valence-corrected chi connectivity index (χ3v) is 3.30. The minimum absolute atomic E-state index is 0.0608. The molecular formula is C14H22N4O3. The number of rotatable bonds is 9. The second-order valence-electron chi connectivity index (χ2n) is 5.26. The predicted octanol–water partition coefficient (Wildman–Crippen LogP) is 0.218. The monoisotopic (exact) mass is 294 g/mol. The van der Waals surface area contributed by atoms with E-state index in [2.05, 4.69) is 15.7 Å². The van der Waals surface area contributed by atoms with Gasteiger partial charge in [0.15, 0.2) is 0 Å². The molecule has 116 valence electrons. The first-order chi connectivity index (χ1) is 10.2. The second kappa shape index (κ2) is 7.78. The van der Waals surface area contributed by atoms with E-state index >= 15 is 0 Å². The molecule has 1 aliphatic carbocycles. The maximum absolute atomic E-state index is 11.9. The summed E-state index contributed by atoms with van der Waals surface area (Å²) in [7, 11) is 1.62. The Labute approximate surface area is 123 Å². The summed E-state index contributed by atoms with van der Waals surface area (Å²) in [6.07, 6.45) is 4.83. The summed E-state index contributed by atoms with van der Waals surface area (Å²) < 4.78 is 6.05. The van der Waals surface area contributed by atoms with E-state index in [1.165, 1.54) is 18.9 Å². The third-order valence-electron chi connectivity index (χ3n) is 3.30. The summed E-state index contributed by atoms with van der Waals surface area (Å²) in [4.78, 5) is 23.5. The van der Waals surface area contributed by atoms with Gasteiger partial charge in [0.25, 0.3) is 5.56 Å². The molecule has 0 aromatic carbocycles. The largest absolute Gasteiger partial charge is 0.385 e. The van der Waals surface area contributed by atoms with Crippen LogP contribution in [0.1, 0.15) is 19.3 Å². The fourth-order valence-electron chi connectivity index (χ4n) is 1.87.